The predicted molar refractivity (Wildman–Crippen MR) is 96.6 cm³/mol. The standard InChI is InChI=1S/C19H22N4O2/c1-13-5-6-14(18(24)22-16-7-8-16)12-17(13)23-19(25)21-11-9-15-4-2-3-10-20-15/h2-6,10,12,16H,7-9,11H2,1H3,(H,22,24)(H2,21,23,25). The first kappa shape index (κ1) is 17.0. The topological polar surface area (TPSA) is 83.1 Å². The average Bonchev–Trinajstić information content (AvgIpc) is 3.42. The van der Waals surface area contributed by atoms with E-state index in [-0.39, 0.29) is 11.9 Å². The van der Waals surface area contributed by atoms with Crippen LogP contribution in [0.1, 0.15) is 34.5 Å². The molecule has 1 aromatic carbocycles. The van der Waals surface area contributed by atoms with E-state index in [0.717, 1.165) is 24.1 Å². The Hall–Kier alpha value is -2.89. The number of hydrogen-bond donors (Lipinski definition) is 3. The molecule has 0 radical (unpaired) electrons. The van der Waals surface area contributed by atoms with E-state index in [1.54, 1.807) is 18.3 Å². The zero-order chi connectivity index (χ0) is 17.6. The van der Waals surface area contributed by atoms with Crippen molar-refractivity contribution >= 4 is 17.6 Å². The molecule has 130 valence electrons. The fraction of sp³-hybridized carbons (Fsp3) is 0.316. The third kappa shape index (κ3) is 5.04. The van der Waals surface area contributed by atoms with Gasteiger partial charge in [-0.25, -0.2) is 4.79 Å². The van der Waals surface area contributed by atoms with Crippen LogP contribution in [0.5, 0.6) is 0 Å². The Morgan fingerprint density at radius 2 is 2.04 bits per heavy atom. The van der Waals surface area contributed by atoms with Crippen LogP contribution in [0.15, 0.2) is 42.6 Å². The second-order valence-electron chi connectivity index (χ2n) is 6.23. The third-order valence-electron chi connectivity index (χ3n) is 4.05. The number of nitrogens with one attached hydrogen (secondary N) is 3. The summed E-state index contributed by atoms with van der Waals surface area (Å²) < 4.78 is 0. The monoisotopic (exact) mass is 338 g/mol. The molecule has 1 saturated carbocycles. The van der Waals surface area contributed by atoms with Crippen LogP contribution in [0.4, 0.5) is 10.5 Å². The van der Waals surface area contributed by atoms with Crippen molar-refractivity contribution in [3.05, 3.63) is 59.4 Å². The molecule has 1 aliphatic rings. The molecule has 0 bridgehead atoms. The van der Waals surface area contributed by atoms with Crippen LogP contribution in [-0.2, 0) is 6.42 Å². The van der Waals surface area contributed by atoms with Gasteiger partial charge in [0.25, 0.3) is 5.91 Å². The highest BCUT2D eigenvalue weighted by molar-refractivity contribution is 5.97. The highest BCUT2D eigenvalue weighted by Gasteiger charge is 2.24. The van der Waals surface area contributed by atoms with E-state index in [1.165, 1.54) is 0 Å². The summed E-state index contributed by atoms with van der Waals surface area (Å²) >= 11 is 0. The van der Waals surface area contributed by atoms with Crippen molar-refractivity contribution in [2.75, 3.05) is 11.9 Å². The van der Waals surface area contributed by atoms with Gasteiger partial charge in [-0.1, -0.05) is 12.1 Å². The number of aromatic nitrogens is 1. The fourth-order valence-corrected chi connectivity index (χ4v) is 2.41. The van der Waals surface area contributed by atoms with Crippen molar-refractivity contribution in [3.63, 3.8) is 0 Å². The largest absolute Gasteiger partial charge is 0.349 e. The van der Waals surface area contributed by atoms with E-state index in [1.807, 2.05) is 31.2 Å². The smallest absolute Gasteiger partial charge is 0.319 e. The van der Waals surface area contributed by atoms with Gasteiger partial charge in [0.2, 0.25) is 0 Å². The molecule has 3 rings (SSSR count). The minimum Gasteiger partial charge on any atom is -0.349 e. The van der Waals surface area contributed by atoms with Crippen LogP contribution in [-0.4, -0.2) is 29.5 Å². The lowest BCUT2D eigenvalue weighted by atomic mass is 10.1. The molecule has 3 N–H and O–H groups in total. The van der Waals surface area contributed by atoms with E-state index in [0.29, 0.717) is 30.3 Å². The molecule has 1 aliphatic carbocycles. The first-order valence-electron chi connectivity index (χ1n) is 8.48. The minimum absolute atomic E-state index is 0.0962. The molecule has 2 aromatic rings. The third-order valence-corrected chi connectivity index (χ3v) is 4.05. The summed E-state index contributed by atoms with van der Waals surface area (Å²) in [6, 6.07) is 11.0. The van der Waals surface area contributed by atoms with Crippen molar-refractivity contribution in [2.45, 2.75) is 32.2 Å². The van der Waals surface area contributed by atoms with Gasteiger partial charge in [0.1, 0.15) is 0 Å². The van der Waals surface area contributed by atoms with Gasteiger partial charge in [0, 0.05) is 42.1 Å². The number of rotatable bonds is 6. The van der Waals surface area contributed by atoms with Crippen LogP contribution < -0.4 is 16.0 Å². The highest BCUT2D eigenvalue weighted by Crippen LogP contribution is 2.21. The van der Waals surface area contributed by atoms with Gasteiger partial charge in [0.05, 0.1) is 0 Å². The van der Waals surface area contributed by atoms with Gasteiger partial charge < -0.3 is 16.0 Å². The first-order chi connectivity index (χ1) is 12.1. The normalized spacial score (nSPS) is 13.2. The quantitative estimate of drug-likeness (QED) is 0.757. The number of anilines is 1. The highest BCUT2D eigenvalue weighted by atomic mass is 16.2. The summed E-state index contributed by atoms with van der Waals surface area (Å²) in [7, 11) is 0. The van der Waals surface area contributed by atoms with E-state index >= 15 is 0 Å². The molecule has 0 spiro atoms. The van der Waals surface area contributed by atoms with Crippen molar-refractivity contribution < 1.29 is 9.59 Å². The van der Waals surface area contributed by atoms with Gasteiger partial charge in [-0.15, -0.1) is 0 Å². The molecule has 1 aromatic heterocycles. The lowest BCUT2D eigenvalue weighted by molar-refractivity contribution is 0.0951. The van der Waals surface area contributed by atoms with Gasteiger partial charge in [-0.05, 0) is 49.6 Å². The van der Waals surface area contributed by atoms with Gasteiger partial charge in [0.15, 0.2) is 0 Å². The second kappa shape index (κ2) is 7.79. The lowest BCUT2D eigenvalue weighted by Gasteiger charge is -2.12. The Bertz CT molecular complexity index is 757. The molecule has 1 heterocycles. The molecular weight excluding hydrogens is 316 g/mol. The van der Waals surface area contributed by atoms with Crippen LogP contribution in [0, 0.1) is 6.92 Å². The molecular formula is C19H22N4O2. The maximum atomic E-state index is 12.1. The number of benzene rings is 1. The van der Waals surface area contributed by atoms with E-state index in [9.17, 15) is 9.59 Å². The summed E-state index contributed by atoms with van der Waals surface area (Å²) in [5, 5.41) is 8.57. The summed E-state index contributed by atoms with van der Waals surface area (Å²) in [4.78, 5) is 28.4. The molecule has 6 nitrogen and oxygen atoms in total. The van der Waals surface area contributed by atoms with Crippen molar-refractivity contribution in [2.24, 2.45) is 0 Å². The first-order valence-corrected chi connectivity index (χ1v) is 8.48. The molecule has 25 heavy (non-hydrogen) atoms. The molecule has 0 unspecified atom stereocenters. The van der Waals surface area contributed by atoms with Crippen LogP contribution in [0.3, 0.4) is 0 Å². The summed E-state index contributed by atoms with van der Waals surface area (Å²) in [5.41, 5.74) is 3.03. The Balaban J connectivity index is 1.53. The SMILES string of the molecule is Cc1ccc(C(=O)NC2CC2)cc1NC(=O)NCCc1ccccn1. The van der Waals surface area contributed by atoms with Crippen LogP contribution in [0.25, 0.3) is 0 Å². The van der Waals surface area contributed by atoms with Gasteiger partial charge in [-0.2, -0.15) is 0 Å². The number of nitrogens with zero attached hydrogens (tertiary/aromatic N) is 1. The molecule has 3 amide bonds. The van der Waals surface area contributed by atoms with E-state index in [4.69, 9.17) is 0 Å². The van der Waals surface area contributed by atoms with E-state index in [2.05, 4.69) is 20.9 Å². The predicted octanol–water partition coefficient (Wildman–Crippen LogP) is 2.65. The van der Waals surface area contributed by atoms with Crippen LogP contribution >= 0.6 is 0 Å². The fourth-order valence-electron chi connectivity index (χ4n) is 2.41. The number of carbonyl (C=O) groups excluding carboxylic acids is 2. The van der Waals surface area contributed by atoms with Gasteiger partial charge in [-0.3, -0.25) is 9.78 Å². The number of amides is 3. The number of hydrogen-bond acceptors (Lipinski definition) is 3. The second-order valence-corrected chi connectivity index (χ2v) is 6.23. The Morgan fingerprint density at radius 3 is 2.76 bits per heavy atom. The summed E-state index contributed by atoms with van der Waals surface area (Å²) in [6.45, 7) is 2.38. The van der Waals surface area contributed by atoms with Crippen molar-refractivity contribution in [1.29, 1.82) is 0 Å². The Kier molecular flexibility index (Phi) is 5.28. The average molecular weight is 338 g/mol. The minimum atomic E-state index is -0.293. The molecule has 1 fully saturated rings. The van der Waals surface area contributed by atoms with Gasteiger partial charge >= 0.3 is 6.03 Å². The maximum Gasteiger partial charge on any atom is 0.319 e. The zero-order valence-electron chi connectivity index (χ0n) is 14.2. The maximum absolute atomic E-state index is 12.1. The van der Waals surface area contributed by atoms with Crippen LogP contribution in [0.2, 0.25) is 0 Å². The zero-order valence-corrected chi connectivity index (χ0v) is 14.2. The number of pyridine rings is 1. The van der Waals surface area contributed by atoms with Crippen molar-refractivity contribution in [3.8, 4) is 0 Å². The summed E-state index contributed by atoms with van der Waals surface area (Å²) in [6.07, 6.45) is 4.48. The lowest BCUT2D eigenvalue weighted by Crippen LogP contribution is -2.31. The molecule has 0 atom stereocenters. The molecule has 0 saturated heterocycles. The molecule has 0 aliphatic heterocycles. The number of carbonyl (C=O) groups is 2. The molecule has 6 heteroatoms. The Labute approximate surface area is 147 Å². The number of aryl methyl sites for hydroxylation is 1. The number of urea groups is 1. The van der Waals surface area contributed by atoms with E-state index < -0.39 is 0 Å². The summed E-state index contributed by atoms with van der Waals surface area (Å²) in [5.74, 6) is -0.0962. The Morgan fingerprint density at radius 1 is 1.20 bits per heavy atom. The van der Waals surface area contributed by atoms with Crippen molar-refractivity contribution in [1.82, 2.24) is 15.6 Å².